The normalized spacial score (nSPS) is 13.3. The van der Waals surface area contributed by atoms with Gasteiger partial charge in [-0.15, -0.1) is 0 Å². The zero-order valence-electron chi connectivity index (χ0n) is 13.1. The largest absolute Gasteiger partial charge is 0.371 e. The number of para-hydroxylation sites is 1. The van der Waals surface area contributed by atoms with E-state index < -0.39 is 0 Å². The van der Waals surface area contributed by atoms with Crippen molar-refractivity contribution in [3.63, 3.8) is 0 Å². The summed E-state index contributed by atoms with van der Waals surface area (Å²) in [5, 5.41) is 6.76. The van der Waals surface area contributed by atoms with Crippen molar-refractivity contribution < 1.29 is 9.32 Å². The number of hydrogen-bond acceptors (Lipinski definition) is 4. The van der Waals surface area contributed by atoms with Crippen LogP contribution in [0.25, 0.3) is 0 Å². The van der Waals surface area contributed by atoms with Crippen molar-refractivity contribution in [1.29, 1.82) is 0 Å². The van der Waals surface area contributed by atoms with E-state index in [1.165, 1.54) is 11.3 Å². The van der Waals surface area contributed by atoms with Crippen molar-refractivity contribution in [2.24, 2.45) is 0 Å². The molecule has 1 aliphatic rings. The lowest BCUT2D eigenvalue weighted by atomic mass is 10.2. The summed E-state index contributed by atoms with van der Waals surface area (Å²) in [7, 11) is 0. The highest BCUT2D eigenvalue weighted by Crippen LogP contribution is 2.27. The molecule has 1 N–H and O–H groups in total. The van der Waals surface area contributed by atoms with Gasteiger partial charge in [0.2, 0.25) is 0 Å². The summed E-state index contributed by atoms with van der Waals surface area (Å²) in [6.45, 7) is 6.22. The molecule has 2 aromatic rings. The highest BCUT2D eigenvalue weighted by Gasteiger charge is 2.19. The van der Waals surface area contributed by atoms with E-state index in [1.807, 2.05) is 0 Å². The predicted octanol–water partition coefficient (Wildman–Crippen LogP) is 2.47. The van der Waals surface area contributed by atoms with Crippen LogP contribution in [0.3, 0.4) is 0 Å². The summed E-state index contributed by atoms with van der Waals surface area (Å²) in [6.07, 6.45) is 2.03. The van der Waals surface area contributed by atoms with E-state index in [4.69, 9.17) is 4.52 Å². The molecule has 0 radical (unpaired) electrons. The van der Waals surface area contributed by atoms with Crippen LogP contribution in [0.5, 0.6) is 0 Å². The molecule has 1 aliphatic heterocycles. The van der Waals surface area contributed by atoms with Gasteiger partial charge >= 0.3 is 0 Å². The molecule has 1 amide bonds. The number of carbonyl (C=O) groups is 1. The van der Waals surface area contributed by atoms with Gasteiger partial charge in [0, 0.05) is 25.3 Å². The van der Waals surface area contributed by atoms with Crippen LogP contribution >= 0.6 is 0 Å². The van der Waals surface area contributed by atoms with Gasteiger partial charge in [-0.3, -0.25) is 4.79 Å². The predicted molar refractivity (Wildman–Crippen MR) is 85.3 cm³/mol. The van der Waals surface area contributed by atoms with Gasteiger partial charge in [0.25, 0.3) is 5.91 Å². The van der Waals surface area contributed by atoms with Crippen molar-refractivity contribution in [3.8, 4) is 0 Å². The fourth-order valence-electron chi connectivity index (χ4n) is 3.01. The number of carbonyl (C=O) groups excluding carboxylic acids is 1. The first kappa shape index (κ1) is 14.6. The first-order valence-electron chi connectivity index (χ1n) is 7.70. The van der Waals surface area contributed by atoms with Gasteiger partial charge in [0.15, 0.2) is 0 Å². The number of benzene rings is 1. The van der Waals surface area contributed by atoms with E-state index in [9.17, 15) is 4.79 Å². The molecule has 0 atom stereocenters. The smallest absolute Gasteiger partial charge is 0.256 e. The molecule has 0 fully saturated rings. The van der Waals surface area contributed by atoms with Gasteiger partial charge in [0.05, 0.1) is 5.69 Å². The number of hydrogen-bond donors (Lipinski definition) is 1. The van der Waals surface area contributed by atoms with Crippen molar-refractivity contribution in [2.45, 2.75) is 26.7 Å². The Morgan fingerprint density at radius 2 is 2.18 bits per heavy atom. The maximum absolute atomic E-state index is 12.1. The molecule has 5 heteroatoms. The minimum Gasteiger partial charge on any atom is -0.371 e. The lowest BCUT2D eigenvalue weighted by Crippen LogP contribution is -2.29. The molecule has 22 heavy (non-hydrogen) atoms. The van der Waals surface area contributed by atoms with Gasteiger partial charge in [-0.2, -0.15) is 0 Å². The zero-order valence-corrected chi connectivity index (χ0v) is 13.1. The number of rotatable bonds is 5. The molecule has 5 nitrogen and oxygen atoms in total. The first-order chi connectivity index (χ1) is 10.7. The number of amides is 1. The fraction of sp³-hybridized carbons (Fsp3) is 0.412. The van der Waals surface area contributed by atoms with Gasteiger partial charge < -0.3 is 14.7 Å². The summed E-state index contributed by atoms with van der Waals surface area (Å²) in [4.78, 5) is 14.5. The standard InChI is InChI=1S/C17H21N3O2/c1-12-16(13(2)22-19-12)17(21)18-9-5-10-20-11-8-14-6-3-4-7-15(14)20/h3-4,6-7H,5,8-11H2,1-2H3,(H,18,21). The minimum absolute atomic E-state index is 0.0990. The Bertz CT molecular complexity index is 659. The number of aryl methyl sites for hydroxylation is 2. The molecule has 0 spiro atoms. The van der Waals surface area contributed by atoms with E-state index in [-0.39, 0.29) is 5.91 Å². The topological polar surface area (TPSA) is 58.4 Å². The second-order valence-electron chi connectivity index (χ2n) is 5.67. The minimum atomic E-state index is -0.0990. The number of nitrogens with zero attached hydrogens (tertiary/aromatic N) is 2. The average molecular weight is 299 g/mol. The average Bonchev–Trinajstić information content (AvgIpc) is 3.07. The molecular weight excluding hydrogens is 278 g/mol. The Kier molecular flexibility index (Phi) is 4.13. The highest BCUT2D eigenvalue weighted by molar-refractivity contribution is 5.96. The van der Waals surface area contributed by atoms with Crippen molar-refractivity contribution in [3.05, 3.63) is 46.8 Å². The van der Waals surface area contributed by atoms with Crippen LogP contribution < -0.4 is 10.2 Å². The molecule has 2 heterocycles. The van der Waals surface area contributed by atoms with Gasteiger partial charge in [0.1, 0.15) is 11.3 Å². The molecule has 3 rings (SSSR count). The second-order valence-corrected chi connectivity index (χ2v) is 5.67. The monoisotopic (exact) mass is 299 g/mol. The molecule has 116 valence electrons. The third-order valence-corrected chi connectivity index (χ3v) is 4.13. The lowest BCUT2D eigenvalue weighted by Gasteiger charge is -2.19. The number of aromatic nitrogens is 1. The van der Waals surface area contributed by atoms with E-state index >= 15 is 0 Å². The molecule has 1 aromatic carbocycles. The molecule has 1 aromatic heterocycles. The molecule has 0 bridgehead atoms. The Balaban J connectivity index is 1.48. The summed E-state index contributed by atoms with van der Waals surface area (Å²) < 4.78 is 5.02. The van der Waals surface area contributed by atoms with Crippen LogP contribution in [0, 0.1) is 13.8 Å². The quantitative estimate of drug-likeness (QED) is 0.862. The Hall–Kier alpha value is -2.30. The van der Waals surface area contributed by atoms with E-state index in [1.54, 1.807) is 13.8 Å². The van der Waals surface area contributed by atoms with Gasteiger partial charge in [-0.1, -0.05) is 23.4 Å². The Morgan fingerprint density at radius 3 is 2.95 bits per heavy atom. The summed E-state index contributed by atoms with van der Waals surface area (Å²) in [6, 6.07) is 8.53. The Labute approximate surface area is 130 Å². The van der Waals surface area contributed by atoms with Crippen LogP contribution in [-0.4, -0.2) is 30.7 Å². The fourth-order valence-corrected chi connectivity index (χ4v) is 3.01. The number of anilines is 1. The maximum atomic E-state index is 12.1. The first-order valence-corrected chi connectivity index (χ1v) is 7.70. The SMILES string of the molecule is Cc1noc(C)c1C(=O)NCCCN1CCc2ccccc21. The molecule has 0 saturated heterocycles. The molecular formula is C17H21N3O2. The van der Waals surface area contributed by atoms with Crippen LogP contribution in [-0.2, 0) is 6.42 Å². The molecule has 0 unspecified atom stereocenters. The van der Waals surface area contributed by atoms with Crippen molar-refractivity contribution >= 4 is 11.6 Å². The molecule has 0 aliphatic carbocycles. The zero-order chi connectivity index (χ0) is 15.5. The summed E-state index contributed by atoms with van der Waals surface area (Å²) in [5.41, 5.74) is 3.96. The summed E-state index contributed by atoms with van der Waals surface area (Å²) in [5.74, 6) is 0.474. The highest BCUT2D eigenvalue weighted by atomic mass is 16.5. The molecule has 0 saturated carbocycles. The number of fused-ring (bicyclic) bond motifs is 1. The van der Waals surface area contributed by atoms with E-state index in [0.717, 1.165) is 25.9 Å². The Morgan fingerprint density at radius 1 is 1.36 bits per heavy atom. The second kappa shape index (κ2) is 6.22. The maximum Gasteiger partial charge on any atom is 0.256 e. The van der Waals surface area contributed by atoms with Crippen LogP contribution in [0.1, 0.15) is 33.8 Å². The van der Waals surface area contributed by atoms with E-state index in [0.29, 0.717) is 23.6 Å². The number of nitrogens with one attached hydrogen (secondary N) is 1. The third-order valence-electron chi connectivity index (χ3n) is 4.13. The van der Waals surface area contributed by atoms with Crippen LogP contribution in [0.15, 0.2) is 28.8 Å². The third kappa shape index (κ3) is 2.84. The lowest BCUT2D eigenvalue weighted by molar-refractivity contribution is 0.0951. The van der Waals surface area contributed by atoms with Crippen LogP contribution in [0.4, 0.5) is 5.69 Å². The summed E-state index contributed by atoms with van der Waals surface area (Å²) >= 11 is 0. The van der Waals surface area contributed by atoms with Gasteiger partial charge in [-0.25, -0.2) is 0 Å². The van der Waals surface area contributed by atoms with E-state index in [2.05, 4.69) is 39.6 Å². The van der Waals surface area contributed by atoms with Crippen molar-refractivity contribution in [2.75, 3.05) is 24.5 Å². The van der Waals surface area contributed by atoms with Crippen LogP contribution in [0.2, 0.25) is 0 Å². The van der Waals surface area contributed by atoms with Gasteiger partial charge in [-0.05, 0) is 38.3 Å². The van der Waals surface area contributed by atoms with Crippen molar-refractivity contribution in [1.82, 2.24) is 10.5 Å².